The number of benzene rings is 1. The number of piperidine rings is 1. The Morgan fingerprint density at radius 2 is 2.10 bits per heavy atom. The number of hydrogen-bond donors (Lipinski definition) is 2. The Morgan fingerprint density at radius 1 is 1.29 bits per heavy atom. The zero-order valence-electron chi connectivity index (χ0n) is 17.5. The van der Waals surface area contributed by atoms with Crippen LogP contribution in [0.2, 0.25) is 0 Å². The molecule has 0 saturated carbocycles. The number of aryl methyl sites for hydroxylation is 1. The van der Waals surface area contributed by atoms with E-state index in [2.05, 4.69) is 44.1 Å². The van der Waals surface area contributed by atoms with Gasteiger partial charge in [0.2, 0.25) is 0 Å². The lowest BCUT2D eigenvalue weighted by Crippen LogP contribution is -2.31. The standard InChI is InChI=1S/C22H24FN7S/c1-13(26-21-11-24-14(2)31-21)22-18-8-17(19(23)9-20(18)27-28-22)15-10-25-30(12-15)16-4-6-29(3)7-5-16/h8-12,16,26H,1,4-7H2,2-3H3,(H,27,28). The number of hydrogen-bond acceptors (Lipinski definition) is 6. The summed E-state index contributed by atoms with van der Waals surface area (Å²) in [7, 11) is 2.14. The minimum absolute atomic E-state index is 0.303. The van der Waals surface area contributed by atoms with E-state index in [-0.39, 0.29) is 5.82 Å². The normalized spacial score (nSPS) is 15.6. The van der Waals surface area contributed by atoms with E-state index in [0.29, 0.717) is 28.5 Å². The van der Waals surface area contributed by atoms with E-state index in [1.165, 1.54) is 6.07 Å². The van der Waals surface area contributed by atoms with Crippen LogP contribution in [-0.4, -0.2) is 50.0 Å². The Balaban J connectivity index is 1.45. The summed E-state index contributed by atoms with van der Waals surface area (Å²) < 4.78 is 16.9. The SMILES string of the molecule is C=C(Nc1cnc(C)s1)c1n[nH]c2cc(F)c(-c3cnn(C4CCN(C)CC4)c3)cc12. The van der Waals surface area contributed by atoms with Gasteiger partial charge in [-0.25, -0.2) is 9.37 Å². The Hall–Kier alpha value is -3.04. The molecule has 1 fully saturated rings. The van der Waals surface area contributed by atoms with Gasteiger partial charge in [-0.1, -0.05) is 6.58 Å². The third-order valence-electron chi connectivity index (χ3n) is 5.81. The molecule has 7 nitrogen and oxygen atoms in total. The van der Waals surface area contributed by atoms with Crippen molar-refractivity contribution in [1.29, 1.82) is 0 Å². The van der Waals surface area contributed by atoms with Crippen LogP contribution in [0.1, 0.15) is 29.6 Å². The summed E-state index contributed by atoms with van der Waals surface area (Å²) in [6.07, 6.45) is 7.56. The summed E-state index contributed by atoms with van der Waals surface area (Å²) in [5, 5.41) is 17.7. The number of halogens is 1. The molecule has 1 aliphatic rings. The monoisotopic (exact) mass is 437 g/mol. The van der Waals surface area contributed by atoms with Gasteiger partial charge in [-0.15, -0.1) is 11.3 Å². The highest BCUT2D eigenvalue weighted by molar-refractivity contribution is 7.15. The summed E-state index contributed by atoms with van der Waals surface area (Å²) in [6, 6.07) is 3.66. The third-order valence-corrected chi connectivity index (χ3v) is 6.63. The van der Waals surface area contributed by atoms with Crippen molar-refractivity contribution in [3.8, 4) is 11.1 Å². The van der Waals surface area contributed by atoms with Crippen LogP contribution in [-0.2, 0) is 0 Å². The van der Waals surface area contributed by atoms with Gasteiger partial charge in [0.25, 0.3) is 0 Å². The maximum atomic E-state index is 14.9. The average molecular weight is 438 g/mol. The highest BCUT2D eigenvalue weighted by Gasteiger charge is 2.20. The topological polar surface area (TPSA) is 74.7 Å². The molecule has 0 spiro atoms. The van der Waals surface area contributed by atoms with Gasteiger partial charge in [-0.05, 0) is 46.0 Å². The minimum atomic E-state index is -0.303. The number of aromatic nitrogens is 5. The molecule has 2 N–H and O–H groups in total. The maximum absolute atomic E-state index is 14.9. The van der Waals surface area contributed by atoms with Crippen LogP contribution in [0, 0.1) is 12.7 Å². The Morgan fingerprint density at radius 3 is 2.84 bits per heavy atom. The lowest BCUT2D eigenvalue weighted by molar-refractivity contribution is 0.212. The Bertz CT molecular complexity index is 1250. The van der Waals surface area contributed by atoms with E-state index in [1.807, 2.05) is 23.9 Å². The highest BCUT2D eigenvalue weighted by atomic mass is 32.1. The fraction of sp³-hybridized carbons (Fsp3) is 0.318. The van der Waals surface area contributed by atoms with Crippen LogP contribution in [0.15, 0.2) is 37.3 Å². The summed E-state index contributed by atoms with van der Waals surface area (Å²) >= 11 is 1.54. The molecule has 0 unspecified atom stereocenters. The van der Waals surface area contributed by atoms with Crippen LogP contribution in [0.25, 0.3) is 27.7 Å². The number of nitrogens with zero attached hydrogens (tertiary/aromatic N) is 5. The lowest BCUT2D eigenvalue weighted by atomic mass is 10.0. The van der Waals surface area contributed by atoms with Crippen molar-refractivity contribution in [2.45, 2.75) is 25.8 Å². The van der Waals surface area contributed by atoms with Crippen molar-refractivity contribution < 1.29 is 4.39 Å². The van der Waals surface area contributed by atoms with E-state index in [4.69, 9.17) is 0 Å². The van der Waals surface area contributed by atoms with E-state index in [9.17, 15) is 4.39 Å². The second-order valence-electron chi connectivity index (χ2n) is 8.04. The predicted octanol–water partition coefficient (Wildman–Crippen LogP) is 4.68. The van der Waals surface area contributed by atoms with Crippen LogP contribution < -0.4 is 5.32 Å². The maximum Gasteiger partial charge on any atom is 0.133 e. The van der Waals surface area contributed by atoms with E-state index in [0.717, 1.165) is 46.9 Å². The molecule has 0 aliphatic carbocycles. The number of fused-ring (bicyclic) bond motifs is 1. The quantitative estimate of drug-likeness (QED) is 0.474. The van der Waals surface area contributed by atoms with Crippen molar-refractivity contribution in [2.75, 3.05) is 25.5 Å². The van der Waals surface area contributed by atoms with Crippen molar-refractivity contribution >= 4 is 32.9 Å². The molecule has 9 heteroatoms. The third kappa shape index (κ3) is 3.86. The zero-order valence-corrected chi connectivity index (χ0v) is 18.3. The summed E-state index contributed by atoms with van der Waals surface area (Å²) in [5.41, 5.74) is 3.19. The molecule has 31 heavy (non-hydrogen) atoms. The van der Waals surface area contributed by atoms with E-state index < -0.39 is 0 Å². The first kappa shape index (κ1) is 19.9. The summed E-state index contributed by atoms with van der Waals surface area (Å²) in [4.78, 5) is 6.57. The number of rotatable bonds is 5. The molecular weight excluding hydrogens is 413 g/mol. The fourth-order valence-electron chi connectivity index (χ4n) is 4.05. The van der Waals surface area contributed by atoms with Gasteiger partial charge in [-0.3, -0.25) is 9.78 Å². The number of likely N-dealkylation sites (tertiary alicyclic amines) is 1. The first-order valence-corrected chi connectivity index (χ1v) is 11.1. The van der Waals surface area contributed by atoms with Gasteiger partial charge in [0.1, 0.15) is 16.5 Å². The Labute approximate surface area is 183 Å². The molecule has 0 amide bonds. The number of anilines is 1. The number of thiazole rings is 1. The number of H-pyrrole nitrogens is 1. The molecule has 5 rings (SSSR count). The molecule has 3 aromatic heterocycles. The highest BCUT2D eigenvalue weighted by Crippen LogP contribution is 2.32. The fourth-order valence-corrected chi connectivity index (χ4v) is 4.76. The van der Waals surface area contributed by atoms with Gasteiger partial charge in [-0.2, -0.15) is 10.2 Å². The van der Waals surface area contributed by atoms with Gasteiger partial charge in [0, 0.05) is 28.8 Å². The van der Waals surface area contributed by atoms with Crippen LogP contribution >= 0.6 is 11.3 Å². The molecule has 160 valence electrons. The van der Waals surface area contributed by atoms with Crippen molar-refractivity contribution in [3.05, 3.63) is 53.8 Å². The predicted molar refractivity (Wildman–Crippen MR) is 123 cm³/mol. The number of aromatic amines is 1. The first-order chi connectivity index (χ1) is 15.0. The largest absolute Gasteiger partial charge is 0.345 e. The molecule has 1 aromatic carbocycles. The van der Waals surface area contributed by atoms with Gasteiger partial charge >= 0.3 is 0 Å². The minimum Gasteiger partial charge on any atom is -0.345 e. The van der Waals surface area contributed by atoms with Crippen LogP contribution in [0.5, 0.6) is 0 Å². The van der Waals surface area contributed by atoms with E-state index >= 15 is 0 Å². The van der Waals surface area contributed by atoms with Gasteiger partial charge in [0.15, 0.2) is 0 Å². The van der Waals surface area contributed by atoms with Crippen molar-refractivity contribution in [3.63, 3.8) is 0 Å². The lowest BCUT2D eigenvalue weighted by Gasteiger charge is -2.28. The second-order valence-corrected chi connectivity index (χ2v) is 9.28. The molecule has 4 aromatic rings. The van der Waals surface area contributed by atoms with E-state index in [1.54, 1.807) is 23.7 Å². The molecule has 1 saturated heterocycles. The zero-order chi connectivity index (χ0) is 21.5. The van der Waals surface area contributed by atoms with Crippen molar-refractivity contribution in [1.82, 2.24) is 29.9 Å². The molecule has 1 aliphatic heterocycles. The van der Waals surface area contributed by atoms with Gasteiger partial charge < -0.3 is 10.2 Å². The smallest absolute Gasteiger partial charge is 0.133 e. The first-order valence-electron chi connectivity index (χ1n) is 10.3. The molecular formula is C22H24FN7S. The Kier molecular flexibility index (Phi) is 5.07. The molecule has 0 radical (unpaired) electrons. The molecule has 0 bridgehead atoms. The van der Waals surface area contributed by atoms with Gasteiger partial charge in [0.05, 0.1) is 34.7 Å². The number of nitrogens with one attached hydrogen (secondary N) is 2. The molecule has 0 atom stereocenters. The second kappa shape index (κ2) is 7.90. The van der Waals surface area contributed by atoms with Crippen LogP contribution in [0.3, 0.4) is 0 Å². The van der Waals surface area contributed by atoms with Crippen LogP contribution in [0.4, 0.5) is 9.39 Å². The van der Waals surface area contributed by atoms with Crippen molar-refractivity contribution in [2.24, 2.45) is 0 Å². The average Bonchev–Trinajstić information content (AvgIpc) is 3.47. The summed E-state index contributed by atoms with van der Waals surface area (Å²) in [5.74, 6) is -0.303. The molecule has 4 heterocycles. The summed E-state index contributed by atoms with van der Waals surface area (Å²) in [6.45, 7) is 8.16.